The zero-order chi connectivity index (χ0) is 14.0. The van der Waals surface area contributed by atoms with Crippen LogP contribution < -0.4 is 11.1 Å². The van der Waals surface area contributed by atoms with Crippen LogP contribution in [-0.4, -0.2) is 36.9 Å². The van der Waals surface area contributed by atoms with E-state index in [1.165, 1.54) is 11.3 Å². The molecule has 0 spiro atoms. The molecule has 1 aromatic heterocycles. The first-order chi connectivity index (χ1) is 8.87. The summed E-state index contributed by atoms with van der Waals surface area (Å²) >= 11 is 1.33. The van der Waals surface area contributed by atoms with E-state index in [4.69, 9.17) is 5.73 Å². The minimum atomic E-state index is -3.02. The average molecular weight is 303 g/mol. The minimum Gasteiger partial charge on any atom is -0.347 e. The normalized spacial score (nSPS) is 23.8. The average Bonchev–Trinajstić information content (AvgIpc) is 2.76. The van der Waals surface area contributed by atoms with Crippen LogP contribution in [0.4, 0.5) is 0 Å². The molecule has 1 saturated heterocycles. The van der Waals surface area contributed by atoms with Gasteiger partial charge < -0.3 is 11.1 Å². The SMILES string of the molecule is CC(N)c1nc(C(=O)NC2CCCS(=O)(=O)C2)cs1. The predicted molar refractivity (Wildman–Crippen MR) is 73.9 cm³/mol. The Kier molecular flexibility index (Phi) is 4.22. The van der Waals surface area contributed by atoms with Crippen LogP contribution in [-0.2, 0) is 9.84 Å². The number of carbonyl (C=O) groups is 1. The van der Waals surface area contributed by atoms with Crippen molar-refractivity contribution in [2.24, 2.45) is 5.73 Å². The fourth-order valence-corrected chi connectivity index (χ4v) is 4.39. The summed E-state index contributed by atoms with van der Waals surface area (Å²) in [6.07, 6.45) is 1.28. The lowest BCUT2D eigenvalue weighted by Gasteiger charge is -2.22. The van der Waals surface area contributed by atoms with E-state index in [1.807, 2.05) is 0 Å². The van der Waals surface area contributed by atoms with Crippen molar-refractivity contribution in [3.63, 3.8) is 0 Å². The lowest BCUT2D eigenvalue weighted by molar-refractivity contribution is 0.0934. The monoisotopic (exact) mass is 303 g/mol. The van der Waals surface area contributed by atoms with Gasteiger partial charge in [-0.25, -0.2) is 13.4 Å². The van der Waals surface area contributed by atoms with Crippen molar-refractivity contribution in [1.82, 2.24) is 10.3 Å². The molecule has 2 atom stereocenters. The van der Waals surface area contributed by atoms with Gasteiger partial charge in [0.25, 0.3) is 5.91 Å². The summed E-state index contributed by atoms with van der Waals surface area (Å²) in [7, 11) is -3.02. The van der Waals surface area contributed by atoms with Gasteiger partial charge in [-0.2, -0.15) is 0 Å². The van der Waals surface area contributed by atoms with Gasteiger partial charge in [0.15, 0.2) is 9.84 Å². The van der Waals surface area contributed by atoms with Crippen LogP contribution in [0.5, 0.6) is 0 Å². The lowest BCUT2D eigenvalue weighted by Crippen LogP contribution is -2.43. The van der Waals surface area contributed by atoms with Crippen molar-refractivity contribution in [3.05, 3.63) is 16.1 Å². The maximum atomic E-state index is 12.0. The fraction of sp³-hybridized carbons (Fsp3) is 0.636. The van der Waals surface area contributed by atoms with Crippen LogP contribution >= 0.6 is 11.3 Å². The maximum Gasteiger partial charge on any atom is 0.271 e. The summed E-state index contributed by atoms with van der Waals surface area (Å²) in [5.74, 6) is -0.0984. The summed E-state index contributed by atoms with van der Waals surface area (Å²) in [6, 6.07) is -0.520. The maximum absolute atomic E-state index is 12.0. The Morgan fingerprint density at radius 2 is 2.37 bits per heavy atom. The highest BCUT2D eigenvalue weighted by atomic mass is 32.2. The second-order valence-electron chi connectivity index (χ2n) is 4.79. The van der Waals surface area contributed by atoms with Crippen LogP contribution in [0.3, 0.4) is 0 Å². The molecule has 1 aliphatic heterocycles. The van der Waals surface area contributed by atoms with Crippen LogP contribution in [0, 0.1) is 0 Å². The van der Waals surface area contributed by atoms with Crippen molar-refractivity contribution in [1.29, 1.82) is 0 Å². The third kappa shape index (κ3) is 3.74. The van der Waals surface area contributed by atoms with Crippen molar-refractivity contribution < 1.29 is 13.2 Å². The van der Waals surface area contributed by atoms with Crippen LogP contribution in [0.1, 0.15) is 41.3 Å². The number of hydrogen-bond donors (Lipinski definition) is 2. The molecule has 1 amide bonds. The Morgan fingerprint density at radius 1 is 1.63 bits per heavy atom. The smallest absolute Gasteiger partial charge is 0.271 e. The highest BCUT2D eigenvalue weighted by Gasteiger charge is 2.26. The molecule has 106 valence electrons. The summed E-state index contributed by atoms with van der Waals surface area (Å²) in [4.78, 5) is 16.1. The molecule has 1 aromatic rings. The molecule has 2 unspecified atom stereocenters. The first kappa shape index (κ1) is 14.4. The van der Waals surface area contributed by atoms with Crippen LogP contribution in [0.2, 0.25) is 0 Å². The summed E-state index contributed by atoms with van der Waals surface area (Å²) in [5, 5.41) is 5.07. The molecule has 2 heterocycles. The van der Waals surface area contributed by atoms with Gasteiger partial charge in [0.2, 0.25) is 0 Å². The van der Waals surface area contributed by atoms with Gasteiger partial charge in [0.05, 0.1) is 17.5 Å². The Labute approximate surface area is 116 Å². The van der Waals surface area contributed by atoms with Gasteiger partial charge in [-0.15, -0.1) is 11.3 Å². The largest absolute Gasteiger partial charge is 0.347 e. The quantitative estimate of drug-likeness (QED) is 0.845. The predicted octanol–water partition coefficient (Wildman–Crippen LogP) is 0.470. The Morgan fingerprint density at radius 3 is 2.95 bits per heavy atom. The highest BCUT2D eigenvalue weighted by Crippen LogP contribution is 2.17. The second kappa shape index (κ2) is 5.56. The number of nitrogens with one attached hydrogen (secondary N) is 1. The van der Waals surface area contributed by atoms with Crippen molar-refractivity contribution >= 4 is 27.1 Å². The van der Waals surface area contributed by atoms with Gasteiger partial charge in [-0.3, -0.25) is 4.79 Å². The van der Waals surface area contributed by atoms with E-state index in [0.717, 1.165) is 0 Å². The summed E-state index contributed by atoms with van der Waals surface area (Å²) in [5.41, 5.74) is 5.99. The van der Waals surface area contributed by atoms with E-state index >= 15 is 0 Å². The number of thiazole rings is 1. The molecule has 0 aliphatic carbocycles. The number of carbonyl (C=O) groups excluding carboxylic acids is 1. The highest BCUT2D eigenvalue weighted by molar-refractivity contribution is 7.91. The molecule has 2 rings (SSSR count). The van der Waals surface area contributed by atoms with E-state index in [-0.39, 0.29) is 29.5 Å². The Hall–Kier alpha value is -0.990. The number of hydrogen-bond acceptors (Lipinski definition) is 6. The number of aromatic nitrogens is 1. The second-order valence-corrected chi connectivity index (χ2v) is 7.91. The van der Waals surface area contributed by atoms with E-state index in [9.17, 15) is 13.2 Å². The Balaban J connectivity index is 2.00. The molecule has 1 aliphatic rings. The third-order valence-electron chi connectivity index (χ3n) is 2.94. The van der Waals surface area contributed by atoms with E-state index in [2.05, 4.69) is 10.3 Å². The number of amides is 1. The zero-order valence-electron chi connectivity index (χ0n) is 10.6. The van der Waals surface area contributed by atoms with Crippen LogP contribution in [0.25, 0.3) is 0 Å². The molecule has 19 heavy (non-hydrogen) atoms. The molecule has 0 saturated carbocycles. The van der Waals surface area contributed by atoms with Crippen LogP contribution in [0.15, 0.2) is 5.38 Å². The third-order valence-corrected chi connectivity index (χ3v) is 5.81. The van der Waals surface area contributed by atoms with Gasteiger partial charge in [0.1, 0.15) is 10.7 Å². The number of sulfone groups is 1. The van der Waals surface area contributed by atoms with E-state index in [1.54, 1.807) is 12.3 Å². The van der Waals surface area contributed by atoms with Gasteiger partial charge in [0, 0.05) is 11.4 Å². The van der Waals surface area contributed by atoms with Crippen molar-refractivity contribution in [2.75, 3.05) is 11.5 Å². The molecule has 6 nitrogen and oxygen atoms in total. The zero-order valence-corrected chi connectivity index (χ0v) is 12.3. The van der Waals surface area contributed by atoms with Crippen molar-refractivity contribution in [2.45, 2.75) is 31.8 Å². The topological polar surface area (TPSA) is 102 Å². The molecular weight excluding hydrogens is 286 g/mol. The molecule has 0 radical (unpaired) electrons. The summed E-state index contributed by atoms with van der Waals surface area (Å²) < 4.78 is 23.0. The molecular formula is C11H17N3O3S2. The van der Waals surface area contributed by atoms with Gasteiger partial charge >= 0.3 is 0 Å². The number of nitrogens with two attached hydrogens (primary N) is 1. The molecule has 0 bridgehead atoms. The fourth-order valence-electron chi connectivity index (χ4n) is 2.00. The number of rotatable bonds is 3. The molecule has 1 fully saturated rings. The van der Waals surface area contributed by atoms with E-state index < -0.39 is 9.84 Å². The van der Waals surface area contributed by atoms with Gasteiger partial charge in [-0.05, 0) is 19.8 Å². The summed E-state index contributed by atoms with van der Waals surface area (Å²) in [6.45, 7) is 1.80. The van der Waals surface area contributed by atoms with E-state index in [0.29, 0.717) is 23.5 Å². The minimum absolute atomic E-state index is 0.0169. The Bertz CT molecular complexity index is 565. The first-order valence-electron chi connectivity index (χ1n) is 6.10. The van der Waals surface area contributed by atoms with Crippen molar-refractivity contribution in [3.8, 4) is 0 Å². The lowest BCUT2D eigenvalue weighted by atomic mass is 10.2. The standard InChI is InChI=1S/C11H17N3O3S2/c1-7(12)11-14-9(5-18-11)10(15)13-8-3-2-4-19(16,17)6-8/h5,7-8H,2-4,6,12H2,1H3,(H,13,15). The molecule has 3 N–H and O–H groups in total. The molecule has 8 heteroatoms. The molecule has 0 aromatic carbocycles. The van der Waals surface area contributed by atoms with Gasteiger partial charge in [-0.1, -0.05) is 0 Å². The number of nitrogens with zero attached hydrogens (tertiary/aromatic N) is 1. The first-order valence-corrected chi connectivity index (χ1v) is 8.80.